The van der Waals surface area contributed by atoms with E-state index in [0.717, 1.165) is 36.0 Å². The first-order valence-electron chi connectivity index (χ1n) is 11.8. The Bertz CT molecular complexity index is 1380. The fourth-order valence-electron chi connectivity index (χ4n) is 4.62. The summed E-state index contributed by atoms with van der Waals surface area (Å²) in [5.41, 5.74) is 1.43. The number of likely N-dealkylation sites (N-methyl/N-ethyl adjacent to an activating group) is 3. The lowest BCUT2D eigenvalue weighted by Crippen LogP contribution is -2.58. The fraction of sp³-hybridized carbons (Fsp3) is 0.333. The van der Waals surface area contributed by atoms with Crippen LogP contribution in [-0.2, 0) is 0 Å². The van der Waals surface area contributed by atoms with Crippen molar-refractivity contribution in [3.63, 3.8) is 0 Å². The van der Waals surface area contributed by atoms with Gasteiger partial charge in [-0.15, -0.1) is 0 Å². The molecule has 0 bridgehead atoms. The van der Waals surface area contributed by atoms with Gasteiger partial charge in [0.25, 0.3) is 0 Å². The molecule has 5 rings (SSSR count). The van der Waals surface area contributed by atoms with Gasteiger partial charge in [-0.3, -0.25) is 0 Å². The molecule has 0 atom stereocenters. The Morgan fingerprint density at radius 2 is 1.80 bits per heavy atom. The van der Waals surface area contributed by atoms with Crippen LogP contribution < -0.4 is 15.1 Å². The Hall–Kier alpha value is -3.00. The molecule has 0 spiro atoms. The number of hydrogen-bond donors (Lipinski definition) is 1. The molecule has 4 aromatic rings. The van der Waals surface area contributed by atoms with Gasteiger partial charge in [-0.05, 0) is 43.5 Å². The maximum atomic E-state index is 16.4. The molecule has 1 aliphatic rings. The predicted molar refractivity (Wildman–Crippen MR) is 144 cm³/mol. The molecule has 0 unspecified atom stereocenters. The second-order valence-corrected chi connectivity index (χ2v) is 9.77. The zero-order chi connectivity index (χ0) is 24.7. The van der Waals surface area contributed by atoms with Crippen LogP contribution in [0.25, 0.3) is 32.8 Å². The molecule has 182 valence electrons. The molecule has 1 aromatic heterocycles. The summed E-state index contributed by atoms with van der Waals surface area (Å²) in [7, 11) is 8.01. The zero-order valence-electron chi connectivity index (χ0n) is 20.5. The van der Waals surface area contributed by atoms with Crippen molar-refractivity contribution in [2.24, 2.45) is 0 Å². The summed E-state index contributed by atoms with van der Waals surface area (Å²) in [5, 5.41) is 6.11. The average molecular weight is 493 g/mol. The minimum Gasteiger partial charge on any atom is -0.358 e. The van der Waals surface area contributed by atoms with Crippen molar-refractivity contribution in [3.8, 4) is 11.1 Å². The summed E-state index contributed by atoms with van der Waals surface area (Å²) in [6.07, 6.45) is 0. The van der Waals surface area contributed by atoms with Gasteiger partial charge < -0.3 is 20.0 Å². The number of aromatic nitrogens is 2. The minimum atomic E-state index is -0.416. The predicted octanol–water partition coefficient (Wildman–Crippen LogP) is 4.65. The van der Waals surface area contributed by atoms with E-state index in [1.54, 1.807) is 0 Å². The molecule has 1 aliphatic heterocycles. The van der Waals surface area contributed by atoms with Gasteiger partial charge in [0.15, 0.2) is 5.82 Å². The number of benzene rings is 3. The molecule has 3 aromatic carbocycles. The molecule has 1 fully saturated rings. The number of hydrogen-bond acceptors (Lipinski definition) is 6. The maximum Gasteiger partial charge on any atom is 0.228 e. The number of anilines is 2. The first-order valence-corrected chi connectivity index (χ1v) is 12.2. The highest BCUT2D eigenvalue weighted by molar-refractivity contribution is 6.35. The van der Waals surface area contributed by atoms with Gasteiger partial charge in [-0.2, -0.15) is 4.98 Å². The van der Waals surface area contributed by atoms with Gasteiger partial charge in [0.2, 0.25) is 5.95 Å². The van der Waals surface area contributed by atoms with E-state index >= 15 is 4.39 Å². The molecule has 1 N–H and O–H groups in total. The molecule has 0 radical (unpaired) electrons. The minimum absolute atomic E-state index is 0.293. The van der Waals surface area contributed by atoms with Gasteiger partial charge in [0.1, 0.15) is 11.3 Å². The molecule has 2 heterocycles. The Morgan fingerprint density at radius 1 is 1.06 bits per heavy atom. The van der Waals surface area contributed by atoms with Crippen molar-refractivity contribution in [1.82, 2.24) is 20.2 Å². The second-order valence-electron chi connectivity index (χ2n) is 9.36. The monoisotopic (exact) mass is 492 g/mol. The van der Waals surface area contributed by atoms with Crippen molar-refractivity contribution in [1.29, 1.82) is 0 Å². The van der Waals surface area contributed by atoms with E-state index in [1.807, 2.05) is 67.5 Å². The fourth-order valence-corrected chi connectivity index (χ4v) is 4.92. The summed E-state index contributed by atoms with van der Waals surface area (Å²) in [5.74, 6) is 0.811. The topological polar surface area (TPSA) is 47.5 Å². The Kier molecular flexibility index (Phi) is 6.49. The smallest absolute Gasteiger partial charge is 0.228 e. The second kappa shape index (κ2) is 9.57. The highest BCUT2D eigenvalue weighted by Gasteiger charge is 2.32. The Morgan fingerprint density at radius 3 is 2.54 bits per heavy atom. The van der Waals surface area contributed by atoms with Gasteiger partial charge in [0, 0.05) is 50.2 Å². The molecule has 8 heteroatoms. The molecule has 35 heavy (non-hydrogen) atoms. The highest BCUT2D eigenvalue weighted by Crippen LogP contribution is 2.41. The zero-order valence-corrected chi connectivity index (χ0v) is 21.3. The highest BCUT2D eigenvalue weighted by atomic mass is 35.5. The van der Waals surface area contributed by atoms with Crippen molar-refractivity contribution >= 4 is 45.0 Å². The summed E-state index contributed by atoms with van der Waals surface area (Å²) < 4.78 is 16.4. The first kappa shape index (κ1) is 23.7. The SMILES string of the molecule is CNCCN(C)c1nc(N2CC(N(C)C)C2)nc2c(F)c(-c3cccc4ccccc34)c(Cl)cc12. The van der Waals surface area contributed by atoms with Gasteiger partial charge in [0.05, 0.1) is 5.02 Å². The summed E-state index contributed by atoms with van der Waals surface area (Å²) >= 11 is 6.78. The van der Waals surface area contributed by atoms with Crippen molar-refractivity contribution in [2.75, 3.05) is 64.2 Å². The molecule has 0 aliphatic carbocycles. The van der Waals surface area contributed by atoms with E-state index < -0.39 is 5.82 Å². The number of nitrogens with one attached hydrogen (secondary N) is 1. The van der Waals surface area contributed by atoms with Crippen molar-refractivity contribution < 1.29 is 4.39 Å². The lowest BCUT2D eigenvalue weighted by Gasteiger charge is -2.43. The largest absolute Gasteiger partial charge is 0.358 e. The lowest BCUT2D eigenvalue weighted by molar-refractivity contribution is 0.245. The number of nitrogens with zero attached hydrogens (tertiary/aromatic N) is 5. The van der Waals surface area contributed by atoms with Gasteiger partial charge >= 0.3 is 0 Å². The van der Waals surface area contributed by atoms with Crippen molar-refractivity contribution in [2.45, 2.75) is 6.04 Å². The Balaban J connectivity index is 1.70. The molecule has 0 saturated carbocycles. The van der Waals surface area contributed by atoms with Crippen LogP contribution in [0, 0.1) is 5.82 Å². The van der Waals surface area contributed by atoms with E-state index in [4.69, 9.17) is 21.6 Å². The van der Waals surface area contributed by atoms with Crippen LogP contribution in [0.15, 0.2) is 48.5 Å². The van der Waals surface area contributed by atoms with E-state index in [1.165, 1.54) is 0 Å². The summed E-state index contributed by atoms with van der Waals surface area (Å²) in [4.78, 5) is 15.9. The van der Waals surface area contributed by atoms with Crippen LogP contribution in [-0.4, -0.2) is 75.3 Å². The Labute approximate surface area is 210 Å². The number of rotatable bonds is 7. The molecular weight excluding hydrogens is 463 g/mol. The third kappa shape index (κ3) is 4.29. The normalized spacial score (nSPS) is 14.2. The van der Waals surface area contributed by atoms with Crippen molar-refractivity contribution in [3.05, 3.63) is 59.4 Å². The van der Waals surface area contributed by atoms with E-state index in [-0.39, 0.29) is 0 Å². The van der Waals surface area contributed by atoms with E-state index in [9.17, 15) is 0 Å². The van der Waals surface area contributed by atoms with Crippen LogP contribution in [0.4, 0.5) is 16.2 Å². The molecule has 6 nitrogen and oxygen atoms in total. The number of halogens is 2. The maximum absolute atomic E-state index is 16.4. The van der Waals surface area contributed by atoms with Crippen LogP contribution in [0.3, 0.4) is 0 Å². The molecular formula is C27H30ClFN6. The third-order valence-electron chi connectivity index (χ3n) is 6.84. The molecule has 1 saturated heterocycles. The van der Waals surface area contributed by atoms with Crippen LogP contribution in [0.1, 0.15) is 0 Å². The first-order chi connectivity index (χ1) is 16.9. The van der Waals surface area contributed by atoms with Gasteiger partial charge in [-0.25, -0.2) is 9.37 Å². The average Bonchev–Trinajstić information content (AvgIpc) is 2.81. The van der Waals surface area contributed by atoms with Crippen LogP contribution >= 0.6 is 11.6 Å². The van der Waals surface area contributed by atoms with Gasteiger partial charge in [-0.1, -0.05) is 54.1 Å². The van der Waals surface area contributed by atoms with Crippen LogP contribution in [0.5, 0.6) is 0 Å². The third-order valence-corrected chi connectivity index (χ3v) is 7.14. The van der Waals surface area contributed by atoms with E-state index in [2.05, 4.69) is 29.2 Å². The van der Waals surface area contributed by atoms with Crippen LogP contribution in [0.2, 0.25) is 5.02 Å². The quantitative estimate of drug-likeness (QED) is 0.405. The standard InChI is InChI=1S/C27H30ClFN6/c1-30-12-13-34(4)26-21-14-22(28)23(20-11-7-9-17-8-5-6-10-19(17)20)24(29)25(21)31-27(32-26)35-15-18(16-35)33(2)3/h5-11,14,18,30H,12-13,15-16H2,1-4H3. The molecule has 0 amide bonds. The lowest BCUT2D eigenvalue weighted by atomic mass is 9.96. The van der Waals surface area contributed by atoms with E-state index in [0.29, 0.717) is 45.8 Å². The summed E-state index contributed by atoms with van der Waals surface area (Å²) in [6, 6.07) is 16.1. The number of fused-ring (bicyclic) bond motifs is 2. The summed E-state index contributed by atoms with van der Waals surface area (Å²) in [6.45, 7) is 3.11.